The number of nitrogens with one attached hydrogen (secondary N) is 3. The van der Waals surface area contributed by atoms with Gasteiger partial charge in [0.1, 0.15) is 10.6 Å². The molecule has 25 heavy (non-hydrogen) atoms. The summed E-state index contributed by atoms with van der Waals surface area (Å²) < 4.78 is 5.18. The number of nitrogens with zero attached hydrogens (tertiary/aromatic N) is 2. The number of hydrogen-bond acceptors (Lipinski definition) is 5. The molecule has 0 saturated carbocycles. The van der Waals surface area contributed by atoms with E-state index in [1.54, 1.807) is 18.4 Å². The number of aromatic nitrogens is 1. The van der Waals surface area contributed by atoms with Gasteiger partial charge in [-0.05, 0) is 20.8 Å². The van der Waals surface area contributed by atoms with Crippen LogP contribution in [0.3, 0.4) is 0 Å². The lowest BCUT2D eigenvalue weighted by Crippen LogP contribution is -2.42. The molecule has 0 fully saturated rings. The van der Waals surface area contributed by atoms with Gasteiger partial charge in [0, 0.05) is 30.9 Å². The lowest BCUT2D eigenvalue weighted by Gasteiger charge is -2.19. The predicted molar refractivity (Wildman–Crippen MR) is 103 cm³/mol. The lowest BCUT2D eigenvalue weighted by molar-refractivity contribution is 0.0529. The second-order valence-corrected chi connectivity index (χ2v) is 8.60. The standard InChI is InChI=1S/C17H31N5O2S/c1-16(2,3)12-11-25-13(22-12)10-21-14(18-7)19-8-9-20-15(23)24-17(4,5)6/h11H,8-10H2,1-7H3,(H,20,23)(H2,18,19,21). The van der Waals surface area contributed by atoms with Crippen LogP contribution < -0.4 is 16.0 Å². The average molecular weight is 370 g/mol. The Labute approximate surface area is 154 Å². The van der Waals surface area contributed by atoms with Crippen LogP contribution in [-0.4, -0.2) is 42.8 Å². The summed E-state index contributed by atoms with van der Waals surface area (Å²) in [5.74, 6) is 0.665. The molecule has 8 heteroatoms. The van der Waals surface area contributed by atoms with E-state index in [0.29, 0.717) is 25.6 Å². The molecular formula is C17H31N5O2S. The van der Waals surface area contributed by atoms with Crippen molar-refractivity contribution in [1.82, 2.24) is 20.9 Å². The number of alkyl carbamates (subject to hydrolysis) is 1. The summed E-state index contributed by atoms with van der Waals surface area (Å²) >= 11 is 1.64. The molecule has 1 rings (SSSR count). The van der Waals surface area contributed by atoms with E-state index in [-0.39, 0.29) is 5.41 Å². The number of amides is 1. The van der Waals surface area contributed by atoms with Gasteiger partial charge < -0.3 is 20.7 Å². The number of guanidine groups is 1. The molecule has 142 valence electrons. The number of ether oxygens (including phenoxy) is 1. The normalized spacial score (nSPS) is 12.7. The minimum absolute atomic E-state index is 0.0575. The Bertz CT molecular complexity index is 585. The molecular weight excluding hydrogens is 338 g/mol. The molecule has 0 bridgehead atoms. The minimum atomic E-state index is -0.491. The summed E-state index contributed by atoms with van der Waals surface area (Å²) in [5.41, 5.74) is 0.662. The molecule has 7 nitrogen and oxygen atoms in total. The monoisotopic (exact) mass is 369 g/mol. The van der Waals surface area contributed by atoms with Crippen molar-refractivity contribution < 1.29 is 9.53 Å². The fourth-order valence-corrected chi connectivity index (χ4v) is 2.74. The third-order valence-corrected chi connectivity index (χ3v) is 3.89. The van der Waals surface area contributed by atoms with Gasteiger partial charge in [0.25, 0.3) is 0 Å². The molecule has 3 N–H and O–H groups in total. The molecule has 1 amide bonds. The van der Waals surface area contributed by atoms with E-state index in [2.05, 4.69) is 52.1 Å². The average Bonchev–Trinajstić information content (AvgIpc) is 2.93. The van der Waals surface area contributed by atoms with Gasteiger partial charge in [-0.2, -0.15) is 0 Å². The smallest absolute Gasteiger partial charge is 0.407 e. The Balaban J connectivity index is 2.31. The van der Waals surface area contributed by atoms with Gasteiger partial charge in [-0.1, -0.05) is 20.8 Å². The number of hydrogen-bond donors (Lipinski definition) is 3. The van der Waals surface area contributed by atoms with Crippen molar-refractivity contribution in [1.29, 1.82) is 0 Å². The van der Waals surface area contributed by atoms with Gasteiger partial charge in [-0.15, -0.1) is 11.3 Å². The zero-order valence-corrected chi connectivity index (χ0v) is 17.1. The Morgan fingerprint density at radius 1 is 1.16 bits per heavy atom. The largest absolute Gasteiger partial charge is 0.444 e. The highest BCUT2D eigenvalue weighted by Gasteiger charge is 2.17. The predicted octanol–water partition coefficient (Wildman–Crippen LogP) is 2.63. The number of carbonyl (C=O) groups is 1. The van der Waals surface area contributed by atoms with Crippen molar-refractivity contribution in [2.45, 2.75) is 59.1 Å². The molecule has 0 aromatic carbocycles. The first-order valence-corrected chi connectivity index (χ1v) is 9.25. The molecule has 1 aromatic rings. The van der Waals surface area contributed by atoms with Crippen LogP contribution in [0.25, 0.3) is 0 Å². The molecule has 0 atom stereocenters. The van der Waals surface area contributed by atoms with Gasteiger partial charge in [0.15, 0.2) is 5.96 Å². The number of rotatable bonds is 5. The number of aliphatic imine (C=N–C) groups is 1. The Hall–Kier alpha value is -1.83. The van der Waals surface area contributed by atoms with Crippen LogP contribution in [0, 0.1) is 0 Å². The number of thiazole rings is 1. The topological polar surface area (TPSA) is 87.6 Å². The Morgan fingerprint density at radius 2 is 1.80 bits per heavy atom. The van der Waals surface area contributed by atoms with Gasteiger partial charge in [0.05, 0.1) is 12.2 Å². The van der Waals surface area contributed by atoms with Crippen LogP contribution in [0.5, 0.6) is 0 Å². The molecule has 1 heterocycles. The first-order chi connectivity index (χ1) is 11.5. The molecule has 0 aliphatic rings. The summed E-state index contributed by atoms with van der Waals surface area (Å²) in [6, 6.07) is 0. The quantitative estimate of drug-likeness (QED) is 0.422. The van der Waals surface area contributed by atoms with E-state index in [1.165, 1.54) is 0 Å². The first-order valence-electron chi connectivity index (χ1n) is 8.37. The van der Waals surface area contributed by atoms with Crippen LogP contribution in [0.2, 0.25) is 0 Å². The third kappa shape index (κ3) is 8.72. The Kier molecular flexibility index (Phi) is 7.66. The van der Waals surface area contributed by atoms with Crippen LogP contribution in [0.15, 0.2) is 10.4 Å². The fourth-order valence-electron chi connectivity index (χ4n) is 1.78. The maximum Gasteiger partial charge on any atom is 0.407 e. The van der Waals surface area contributed by atoms with Gasteiger partial charge in [0.2, 0.25) is 0 Å². The molecule has 0 aliphatic heterocycles. The SMILES string of the molecule is CN=C(NCCNC(=O)OC(C)(C)C)NCc1nc(C(C)(C)C)cs1. The lowest BCUT2D eigenvalue weighted by atomic mass is 9.93. The maximum atomic E-state index is 11.6. The minimum Gasteiger partial charge on any atom is -0.444 e. The van der Waals surface area contributed by atoms with E-state index in [9.17, 15) is 4.79 Å². The summed E-state index contributed by atoms with van der Waals surface area (Å²) in [6.45, 7) is 13.6. The molecule has 0 saturated heterocycles. The zero-order valence-electron chi connectivity index (χ0n) is 16.3. The van der Waals surface area contributed by atoms with Gasteiger partial charge in [-0.25, -0.2) is 9.78 Å². The van der Waals surface area contributed by atoms with Crippen molar-refractivity contribution >= 4 is 23.4 Å². The third-order valence-electron chi connectivity index (χ3n) is 3.04. The van der Waals surface area contributed by atoms with Crippen LogP contribution in [-0.2, 0) is 16.7 Å². The first kappa shape index (κ1) is 21.2. The van der Waals surface area contributed by atoms with Crippen molar-refractivity contribution in [3.05, 3.63) is 16.1 Å². The maximum absolute atomic E-state index is 11.6. The van der Waals surface area contributed by atoms with Crippen LogP contribution in [0.1, 0.15) is 52.2 Å². The number of carbonyl (C=O) groups excluding carboxylic acids is 1. The van der Waals surface area contributed by atoms with Gasteiger partial charge in [-0.3, -0.25) is 4.99 Å². The molecule has 0 radical (unpaired) electrons. The van der Waals surface area contributed by atoms with Crippen LogP contribution in [0.4, 0.5) is 4.79 Å². The van der Waals surface area contributed by atoms with Crippen molar-refractivity contribution in [2.75, 3.05) is 20.1 Å². The molecule has 1 aromatic heterocycles. The van der Waals surface area contributed by atoms with E-state index in [1.807, 2.05) is 20.8 Å². The van der Waals surface area contributed by atoms with Crippen LogP contribution >= 0.6 is 11.3 Å². The summed E-state index contributed by atoms with van der Waals surface area (Å²) in [7, 11) is 1.71. The van der Waals surface area contributed by atoms with E-state index >= 15 is 0 Å². The second kappa shape index (κ2) is 9.03. The summed E-state index contributed by atoms with van der Waals surface area (Å²) in [6.07, 6.45) is -0.422. The summed E-state index contributed by atoms with van der Waals surface area (Å²) in [4.78, 5) is 20.4. The van der Waals surface area contributed by atoms with E-state index in [4.69, 9.17) is 4.74 Å². The van der Waals surface area contributed by atoms with Crippen molar-refractivity contribution in [3.63, 3.8) is 0 Å². The van der Waals surface area contributed by atoms with E-state index in [0.717, 1.165) is 10.7 Å². The highest BCUT2D eigenvalue weighted by Crippen LogP contribution is 2.23. The molecule has 0 unspecified atom stereocenters. The zero-order chi connectivity index (χ0) is 19.1. The van der Waals surface area contributed by atoms with Crippen molar-refractivity contribution in [2.24, 2.45) is 4.99 Å². The van der Waals surface area contributed by atoms with Gasteiger partial charge >= 0.3 is 6.09 Å². The van der Waals surface area contributed by atoms with Crippen molar-refractivity contribution in [3.8, 4) is 0 Å². The summed E-state index contributed by atoms with van der Waals surface area (Å²) in [5, 5.41) is 12.2. The highest BCUT2D eigenvalue weighted by atomic mass is 32.1. The highest BCUT2D eigenvalue weighted by molar-refractivity contribution is 7.09. The van der Waals surface area contributed by atoms with E-state index < -0.39 is 11.7 Å². The molecule has 0 spiro atoms. The fraction of sp³-hybridized carbons (Fsp3) is 0.706. The Morgan fingerprint density at radius 3 is 2.32 bits per heavy atom. The second-order valence-electron chi connectivity index (χ2n) is 7.66. The molecule has 0 aliphatic carbocycles.